The monoisotopic (exact) mass is 334 g/mol. The molecule has 0 radical (unpaired) electrons. The number of fused-ring (bicyclic) bond motifs is 1. The number of phenolic OH excluding ortho intramolecular Hbond substituents is 1. The summed E-state index contributed by atoms with van der Waals surface area (Å²) in [5, 5.41) is 17.7. The van der Waals surface area contributed by atoms with E-state index < -0.39 is 0 Å². The van der Waals surface area contributed by atoms with E-state index in [0.717, 1.165) is 21.8 Å². The van der Waals surface area contributed by atoms with Crippen LogP contribution >= 0.6 is 11.3 Å². The van der Waals surface area contributed by atoms with Crippen LogP contribution in [0.5, 0.6) is 5.75 Å². The summed E-state index contributed by atoms with van der Waals surface area (Å²) in [5.74, 6) is 0.160. The largest absolute Gasteiger partial charge is 0.505 e. The zero-order chi connectivity index (χ0) is 16.4. The molecule has 4 rings (SSSR count). The van der Waals surface area contributed by atoms with E-state index >= 15 is 0 Å². The topological polar surface area (TPSA) is 70.9 Å². The minimum Gasteiger partial charge on any atom is -0.505 e. The maximum Gasteiger partial charge on any atom is 0.183 e. The summed E-state index contributed by atoms with van der Waals surface area (Å²) in [6, 6.07) is 13.0. The minimum absolute atomic E-state index is 0.160. The highest BCUT2D eigenvalue weighted by molar-refractivity contribution is 7.13. The Morgan fingerprint density at radius 3 is 2.62 bits per heavy atom. The highest BCUT2D eigenvalue weighted by Crippen LogP contribution is 2.35. The maximum atomic E-state index is 10.8. The van der Waals surface area contributed by atoms with Crippen LogP contribution in [0.2, 0.25) is 0 Å². The Bertz CT molecular complexity index is 957. The van der Waals surface area contributed by atoms with Gasteiger partial charge in [0.05, 0.1) is 11.7 Å². The molecule has 4 aromatic rings. The molecule has 0 aliphatic heterocycles. The molecule has 0 amide bonds. The quantitative estimate of drug-likeness (QED) is 0.590. The number of hydrogen-bond donors (Lipinski definition) is 2. The SMILES string of the molecule is Oc1c([C@@H](Nc2nccs2)c2ccccn2)ccc2cccnc12. The van der Waals surface area contributed by atoms with Crippen LogP contribution in [0.1, 0.15) is 17.3 Å². The Kier molecular flexibility index (Phi) is 3.80. The molecule has 118 valence electrons. The minimum atomic E-state index is -0.316. The Morgan fingerprint density at radius 2 is 1.83 bits per heavy atom. The molecule has 0 saturated carbocycles. The Balaban J connectivity index is 1.85. The number of aromatic nitrogens is 3. The van der Waals surface area contributed by atoms with E-state index in [9.17, 15) is 5.11 Å². The molecule has 3 heterocycles. The van der Waals surface area contributed by atoms with Gasteiger partial charge in [0.1, 0.15) is 11.3 Å². The van der Waals surface area contributed by atoms with Crippen molar-refractivity contribution in [2.45, 2.75) is 6.04 Å². The standard InChI is InChI=1S/C18H14N4OS/c23-17-13(7-6-12-4-3-9-20-15(12)17)16(14-5-1-2-8-19-14)22-18-21-10-11-24-18/h1-11,16,23H,(H,21,22)/t16-/m1/s1. The van der Waals surface area contributed by atoms with Gasteiger partial charge in [0.15, 0.2) is 5.13 Å². The molecule has 5 nitrogen and oxygen atoms in total. The van der Waals surface area contributed by atoms with Gasteiger partial charge in [-0.15, -0.1) is 11.3 Å². The van der Waals surface area contributed by atoms with Crippen molar-refractivity contribution < 1.29 is 5.11 Å². The predicted molar refractivity (Wildman–Crippen MR) is 95.2 cm³/mol. The normalized spacial score (nSPS) is 12.2. The average molecular weight is 334 g/mol. The highest BCUT2D eigenvalue weighted by atomic mass is 32.1. The van der Waals surface area contributed by atoms with Gasteiger partial charge in [-0.2, -0.15) is 0 Å². The van der Waals surface area contributed by atoms with Gasteiger partial charge >= 0.3 is 0 Å². The van der Waals surface area contributed by atoms with Gasteiger partial charge in [0.25, 0.3) is 0 Å². The van der Waals surface area contributed by atoms with E-state index in [0.29, 0.717) is 5.52 Å². The summed E-state index contributed by atoms with van der Waals surface area (Å²) in [4.78, 5) is 13.0. The van der Waals surface area contributed by atoms with Crippen molar-refractivity contribution in [2.24, 2.45) is 0 Å². The van der Waals surface area contributed by atoms with Crippen molar-refractivity contribution in [3.8, 4) is 5.75 Å². The summed E-state index contributed by atoms with van der Waals surface area (Å²) in [7, 11) is 0. The fourth-order valence-corrected chi connectivity index (χ4v) is 3.21. The van der Waals surface area contributed by atoms with Gasteiger partial charge in [-0.25, -0.2) is 4.98 Å². The van der Waals surface area contributed by atoms with Crippen molar-refractivity contribution >= 4 is 27.4 Å². The van der Waals surface area contributed by atoms with Gasteiger partial charge in [-0.05, 0) is 18.2 Å². The number of aromatic hydroxyl groups is 1. The molecule has 0 bridgehead atoms. The van der Waals surface area contributed by atoms with Crippen molar-refractivity contribution in [1.82, 2.24) is 15.0 Å². The molecule has 0 saturated heterocycles. The number of nitrogens with zero attached hydrogens (tertiary/aromatic N) is 3. The summed E-state index contributed by atoms with van der Waals surface area (Å²) < 4.78 is 0. The zero-order valence-corrected chi connectivity index (χ0v) is 13.4. The number of benzene rings is 1. The lowest BCUT2D eigenvalue weighted by Gasteiger charge is -2.20. The van der Waals surface area contributed by atoms with Crippen molar-refractivity contribution in [3.05, 3.63) is 77.7 Å². The van der Waals surface area contributed by atoms with Crippen molar-refractivity contribution in [3.63, 3.8) is 0 Å². The second-order valence-corrected chi connectivity index (χ2v) is 6.14. The number of hydrogen-bond acceptors (Lipinski definition) is 6. The maximum absolute atomic E-state index is 10.8. The number of anilines is 1. The lowest BCUT2D eigenvalue weighted by molar-refractivity contribution is 0.471. The molecular formula is C18H14N4OS. The first kappa shape index (κ1) is 14.6. The first-order chi connectivity index (χ1) is 11.8. The van der Waals surface area contributed by atoms with Crippen LogP contribution < -0.4 is 5.32 Å². The van der Waals surface area contributed by atoms with Crippen LogP contribution in [0.4, 0.5) is 5.13 Å². The number of thiazole rings is 1. The van der Waals surface area contributed by atoms with Crippen molar-refractivity contribution in [2.75, 3.05) is 5.32 Å². The molecule has 0 fully saturated rings. The Labute approximate surface area is 142 Å². The van der Waals surface area contributed by atoms with E-state index in [-0.39, 0.29) is 11.8 Å². The highest BCUT2D eigenvalue weighted by Gasteiger charge is 2.21. The van der Waals surface area contributed by atoms with Crippen LogP contribution in [0.3, 0.4) is 0 Å². The van der Waals surface area contributed by atoms with E-state index in [1.807, 2.05) is 47.8 Å². The van der Waals surface area contributed by atoms with E-state index in [1.165, 1.54) is 11.3 Å². The Morgan fingerprint density at radius 1 is 0.917 bits per heavy atom. The van der Waals surface area contributed by atoms with Crippen LogP contribution in [-0.2, 0) is 0 Å². The summed E-state index contributed by atoms with van der Waals surface area (Å²) >= 11 is 1.50. The molecule has 6 heteroatoms. The first-order valence-electron chi connectivity index (χ1n) is 7.46. The number of phenols is 1. The Hall–Kier alpha value is -2.99. The molecule has 0 unspecified atom stereocenters. The van der Waals surface area contributed by atoms with Gasteiger partial charge in [-0.3, -0.25) is 9.97 Å². The van der Waals surface area contributed by atoms with E-state index in [1.54, 1.807) is 18.6 Å². The van der Waals surface area contributed by atoms with Crippen LogP contribution in [0, 0.1) is 0 Å². The number of rotatable bonds is 4. The predicted octanol–water partition coefficient (Wildman–Crippen LogP) is 3.99. The van der Waals surface area contributed by atoms with E-state index in [4.69, 9.17) is 0 Å². The second-order valence-electron chi connectivity index (χ2n) is 5.25. The lowest BCUT2D eigenvalue weighted by atomic mass is 10.00. The average Bonchev–Trinajstić information content (AvgIpc) is 3.15. The first-order valence-corrected chi connectivity index (χ1v) is 8.34. The van der Waals surface area contributed by atoms with Crippen LogP contribution in [-0.4, -0.2) is 20.1 Å². The summed E-state index contributed by atoms with van der Waals surface area (Å²) in [6.07, 6.45) is 5.16. The fourth-order valence-electron chi connectivity index (χ4n) is 2.65. The number of pyridine rings is 2. The molecule has 2 N–H and O–H groups in total. The molecule has 0 aliphatic carbocycles. The van der Waals surface area contributed by atoms with Crippen LogP contribution in [0.25, 0.3) is 10.9 Å². The molecule has 1 aromatic carbocycles. The second kappa shape index (κ2) is 6.25. The van der Waals surface area contributed by atoms with Crippen LogP contribution in [0.15, 0.2) is 66.4 Å². The molecule has 0 aliphatic rings. The third-order valence-corrected chi connectivity index (χ3v) is 4.48. The zero-order valence-electron chi connectivity index (χ0n) is 12.6. The van der Waals surface area contributed by atoms with Gasteiger partial charge < -0.3 is 10.4 Å². The van der Waals surface area contributed by atoms with Crippen molar-refractivity contribution in [1.29, 1.82) is 0 Å². The molecule has 24 heavy (non-hydrogen) atoms. The molecular weight excluding hydrogens is 320 g/mol. The smallest absolute Gasteiger partial charge is 0.183 e. The van der Waals surface area contributed by atoms with Gasteiger partial charge in [-0.1, -0.05) is 24.3 Å². The molecule has 3 aromatic heterocycles. The van der Waals surface area contributed by atoms with Gasteiger partial charge in [0.2, 0.25) is 0 Å². The lowest BCUT2D eigenvalue weighted by Crippen LogP contribution is -2.14. The summed E-state index contributed by atoms with van der Waals surface area (Å²) in [5.41, 5.74) is 2.10. The number of nitrogens with one attached hydrogen (secondary N) is 1. The summed E-state index contributed by atoms with van der Waals surface area (Å²) in [6.45, 7) is 0. The third-order valence-electron chi connectivity index (χ3n) is 3.77. The molecule has 1 atom stereocenters. The third kappa shape index (κ3) is 2.68. The van der Waals surface area contributed by atoms with E-state index in [2.05, 4.69) is 20.3 Å². The fraction of sp³-hybridized carbons (Fsp3) is 0.0556. The molecule has 0 spiro atoms. The van der Waals surface area contributed by atoms with Gasteiger partial charge in [0, 0.05) is 34.9 Å².